The van der Waals surface area contributed by atoms with E-state index < -0.39 is 52.3 Å². The molecule has 0 unspecified atom stereocenters. The van der Waals surface area contributed by atoms with Crippen molar-refractivity contribution in [1.82, 2.24) is 75.1 Å². The van der Waals surface area contributed by atoms with Gasteiger partial charge in [-0.15, -0.1) is 43.0 Å². The number of aliphatic hydroxyl groups excluding tert-OH is 2. The molecule has 9 heterocycles. The van der Waals surface area contributed by atoms with Gasteiger partial charge in [0, 0.05) is 121 Å². The number of hydrogen-bond donors (Lipinski definition) is 5. The maximum absolute atomic E-state index is 15.4. The van der Waals surface area contributed by atoms with E-state index >= 15 is 13.2 Å². The van der Waals surface area contributed by atoms with Gasteiger partial charge >= 0.3 is 12.2 Å². The number of nitrogens with zero attached hydrogens (tertiary/aromatic N) is 14. The zero-order valence-electron chi connectivity index (χ0n) is 59.2. The number of nitrogens with one attached hydrogen (secondary N) is 1. The van der Waals surface area contributed by atoms with Gasteiger partial charge in [-0.25, -0.2) is 22.8 Å². The van der Waals surface area contributed by atoms with Gasteiger partial charge in [0.05, 0.1) is 62.8 Å². The summed E-state index contributed by atoms with van der Waals surface area (Å²) in [5, 5.41) is 89.5. The molecule has 0 bridgehead atoms. The van der Waals surface area contributed by atoms with Gasteiger partial charge in [0.15, 0.2) is 0 Å². The third kappa shape index (κ3) is 15.0. The maximum atomic E-state index is 15.4. The van der Waals surface area contributed by atoms with E-state index in [9.17, 15) is 30.0 Å². The van der Waals surface area contributed by atoms with Gasteiger partial charge in [0.25, 0.3) is 0 Å². The number of aryl methyl sites for hydroxylation is 6. The number of aliphatic hydroxyl groups is 4. The largest absolute Gasteiger partial charge is 0.444 e. The Hall–Kier alpha value is -10.1. The normalized spacial score (nSPS) is 18.7. The summed E-state index contributed by atoms with van der Waals surface area (Å²) >= 11 is 0. The fraction of sp³-hybridized carbons (Fsp3) is 0.355. The van der Waals surface area contributed by atoms with Crippen molar-refractivity contribution in [2.75, 3.05) is 39.3 Å². The fourth-order valence-electron chi connectivity index (χ4n) is 13.5. The van der Waals surface area contributed by atoms with Gasteiger partial charge in [-0.2, -0.15) is 15.3 Å². The number of amides is 2. The van der Waals surface area contributed by atoms with Crippen molar-refractivity contribution in [1.29, 1.82) is 0 Å². The van der Waals surface area contributed by atoms with Crippen LogP contribution in [0.15, 0.2) is 116 Å². The molecule has 536 valence electrons. The standard InChI is InChI=1S/C27H30FN5O4.C27H28FN5O2.C22H22FN5O2.ClH/c1-15-8-16(9-17-13-32(5)31-24(15)17)21-12-19-20(28)10-18(11-22(19)30-29-21)27(36)6-7-33(14-23(27)34)25(35)37-26(2,3)4;1-16-10-19(11-20-15-32(5)31-25(16)20)23-14-21-22(28)12-18(13-24(21)30-29-23)17-6-8-33(9-7-17)26(34)35-27(2,3)4;1-12-5-13(6-14-11-28(2)27-21(12)14)18-9-16-17(23)7-15(8-19(16)26-25-18)22(30)3-4-24-10-20(22)29;/h8-13,23,34,36H,6-7,14H2,1-5H3;6,10-15H,7-9H2,1-5H3;5-9,11,20,24,29-30H,3-4,10H2,1-2H3;1H/t23-,27-;;20-,22-;/m0.0./s1. The number of carbonyl (C=O) groups is 2. The summed E-state index contributed by atoms with van der Waals surface area (Å²) in [5.41, 5.74) is 8.77. The third-order valence-electron chi connectivity index (χ3n) is 18.8. The maximum Gasteiger partial charge on any atom is 0.410 e. The second-order valence-electron chi connectivity index (χ2n) is 28.9. The molecule has 0 aliphatic carbocycles. The van der Waals surface area contributed by atoms with Gasteiger partial charge in [-0.3, -0.25) is 14.0 Å². The molecular weight excluding hydrogens is 1340 g/mol. The Morgan fingerprint density at radius 3 is 1.32 bits per heavy atom. The summed E-state index contributed by atoms with van der Waals surface area (Å²) in [6.45, 7) is 18.5. The number of halogens is 4. The van der Waals surface area contributed by atoms with Crippen molar-refractivity contribution in [2.45, 2.75) is 116 Å². The molecular formula is C76H81ClF3N15O8. The van der Waals surface area contributed by atoms with Crippen LogP contribution in [0.1, 0.15) is 94.2 Å². The SMILES string of the molecule is Cc1cc(-c2cc3c(F)cc(C4=CCN(C(=O)OC(C)(C)C)CC4)cc3nn2)cc2cn(C)nc12.Cc1cc(-c2cc3c(F)cc([C@@]4(O)CCN(C(=O)OC(C)(C)C)C[C@@H]4O)cc3nn2)cc2cn(C)nc12.Cc1cc(-c2cc3c(F)cc([C@@]4(O)CCNC[C@@H]4O)cc3nn2)cc2cn(C)nc12.Cl. The lowest BCUT2D eigenvalue weighted by Crippen LogP contribution is -2.55. The van der Waals surface area contributed by atoms with Gasteiger partial charge in [-0.05, 0) is 212 Å². The molecule has 0 saturated carbocycles. The quantitative estimate of drug-likeness (QED) is 0.103. The zero-order chi connectivity index (χ0) is 72.6. The van der Waals surface area contributed by atoms with Crippen LogP contribution in [0.25, 0.3) is 105 Å². The number of likely N-dealkylation sites (tertiary alicyclic amines) is 1. The number of hydrogen-bond acceptors (Lipinski definition) is 18. The average molecular weight is 1430 g/mol. The van der Waals surface area contributed by atoms with Gasteiger partial charge < -0.3 is 45.0 Å². The Morgan fingerprint density at radius 1 is 0.515 bits per heavy atom. The molecule has 2 saturated heterocycles. The molecule has 3 aliphatic rings. The Morgan fingerprint density at radius 2 is 0.922 bits per heavy atom. The highest BCUT2D eigenvalue weighted by atomic mass is 35.5. The van der Waals surface area contributed by atoms with E-state index in [1.54, 1.807) is 70.0 Å². The summed E-state index contributed by atoms with van der Waals surface area (Å²) in [7, 11) is 5.61. The third-order valence-corrected chi connectivity index (χ3v) is 18.8. The summed E-state index contributed by atoms with van der Waals surface area (Å²) in [4.78, 5) is 27.7. The van der Waals surface area contributed by atoms with Crippen molar-refractivity contribution in [3.8, 4) is 33.8 Å². The predicted octanol–water partition coefficient (Wildman–Crippen LogP) is 12.1. The van der Waals surface area contributed by atoms with E-state index in [0.717, 1.165) is 77.2 Å². The monoisotopic (exact) mass is 1420 g/mol. The van der Waals surface area contributed by atoms with E-state index in [0.29, 0.717) is 70.5 Å². The first-order valence-electron chi connectivity index (χ1n) is 33.7. The van der Waals surface area contributed by atoms with Crippen molar-refractivity contribution in [3.63, 3.8) is 0 Å². The van der Waals surface area contributed by atoms with Gasteiger partial charge in [-0.1, -0.05) is 6.08 Å². The van der Waals surface area contributed by atoms with Crippen LogP contribution < -0.4 is 5.32 Å². The number of β-amino-alcohol motifs (C(OH)–C–C–N with tert-alkyl or cyclic N) is 2. The van der Waals surface area contributed by atoms with Crippen molar-refractivity contribution in [2.24, 2.45) is 21.1 Å². The lowest BCUT2D eigenvalue weighted by molar-refractivity contribution is -0.123. The molecule has 27 heteroatoms. The van der Waals surface area contributed by atoms with E-state index in [4.69, 9.17) is 9.47 Å². The first-order chi connectivity index (χ1) is 48.3. The van der Waals surface area contributed by atoms with Gasteiger partial charge in [0.2, 0.25) is 0 Å². The lowest BCUT2D eigenvalue weighted by Gasteiger charge is -2.42. The highest BCUT2D eigenvalue weighted by molar-refractivity contribution is 5.93. The summed E-state index contributed by atoms with van der Waals surface area (Å²) in [6.07, 6.45) is 5.37. The van der Waals surface area contributed by atoms with Crippen LogP contribution in [-0.2, 0) is 41.8 Å². The van der Waals surface area contributed by atoms with Crippen LogP contribution in [0, 0.1) is 38.2 Å². The highest BCUT2D eigenvalue weighted by Crippen LogP contribution is 2.39. The molecule has 2 fully saturated rings. The first-order valence-corrected chi connectivity index (χ1v) is 33.7. The molecule has 15 rings (SSSR count). The smallest absolute Gasteiger partial charge is 0.410 e. The van der Waals surface area contributed by atoms with Gasteiger partial charge in [0.1, 0.15) is 46.0 Å². The van der Waals surface area contributed by atoms with Crippen LogP contribution >= 0.6 is 12.4 Å². The fourth-order valence-corrected chi connectivity index (χ4v) is 13.5. The predicted molar refractivity (Wildman–Crippen MR) is 389 cm³/mol. The number of aromatic nitrogens is 12. The minimum Gasteiger partial charge on any atom is -0.444 e. The number of fused-ring (bicyclic) bond motifs is 6. The number of rotatable bonds is 6. The van der Waals surface area contributed by atoms with Crippen LogP contribution in [-0.4, -0.2) is 165 Å². The molecule has 0 spiro atoms. The Kier molecular flexibility index (Phi) is 19.7. The lowest BCUT2D eigenvalue weighted by atomic mass is 9.81. The van der Waals surface area contributed by atoms with Crippen LogP contribution in [0.5, 0.6) is 0 Å². The minimum absolute atomic E-state index is 0. The molecule has 23 nitrogen and oxygen atoms in total. The molecule has 5 N–H and O–H groups in total. The van der Waals surface area contributed by atoms with Crippen LogP contribution in [0.3, 0.4) is 0 Å². The minimum atomic E-state index is -1.75. The van der Waals surface area contributed by atoms with E-state index in [-0.39, 0.29) is 73.3 Å². The van der Waals surface area contributed by atoms with Crippen molar-refractivity contribution >= 4 is 95.6 Å². The zero-order valence-corrected chi connectivity index (χ0v) is 60.0. The number of carbonyl (C=O) groups excluding carboxylic acids is 2. The molecule has 103 heavy (non-hydrogen) atoms. The summed E-state index contributed by atoms with van der Waals surface area (Å²) < 4.78 is 61.7. The highest BCUT2D eigenvalue weighted by Gasteiger charge is 2.45. The molecule has 6 aromatic carbocycles. The Bertz CT molecular complexity index is 5360. The Labute approximate surface area is 597 Å². The van der Waals surface area contributed by atoms with E-state index in [1.807, 2.05) is 130 Å². The van der Waals surface area contributed by atoms with Crippen molar-refractivity contribution in [3.05, 3.63) is 166 Å². The van der Waals surface area contributed by atoms with E-state index in [1.165, 1.54) is 23.1 Å². The van der Waals surface area contributed by atoms with E-state index in [2.05, 4.69) is 51.2 Å². The summed E-state index contributed by atoms with van der Waals surface area (Å²) in [6, 6.07) is 25.9. The number of ether oxygens (including phenoxy) is 2. The topological polar surface area (TPSA) is 283 Å². The number of piperidine rings is 2. The molecule has 3 aliphatic heterocycles. The Balaban J connectivity index is 0.000000146. The van der Waals surface area contributed by atoms with Crippen LogP contribution in [0.4, 0.5) is 22.8 Å². The molecule has 2 amide bonds. The molecule has 12 aromatic rings. The summed E-state index contributed by atoms with van der Waals surface area (Å²) in [5.74, 6) is -1.43. The average Bonchev–Trinajstić information content (AvgIpc) is 0.974. The van der Waals surface area contributed by atoms with Crippen molar-refractivity contribution < 1.29 is 52.7 Å². The molecule has 0 radical (unpaired) electrons. The molecule has 6 aromatic heterocycles. The first kappa shape index (κ1) is 72.7. The molecule has 4 atom stereocenters. The number of benzene rings is 6. The van der Waals surface area contributed by atoms with Crippen LogP contribution in [0.2, 0.25) is 0 Å². The second-order valence-corrected chi connectivity index (χ2v) is 28.9. The second kappa shape index (κ2) is 27.9.